The molecule has 102 valence electrons. The summed E-state index contributed by atoms with van der Waals surface area (Å²) in [4.78, 5) is 20.2. The minimum absolute atomic E-state index is 0.0257. The standard InChI is InChI=1S/C14H19N3O2/c1-9(2)14(3,13(18)19)8-11-16-12-10(17(11)4)6-5-7-15-12/h5-7,9H,8H2,1-4H3,(H,18,19). The number of carboxylic acid groups (broad SMARTS) is 1. The van der Waals surface area contributed by atoms with E-state index in [4.69, 9.17) is 0 Å². The molecule has 2 heterocycles. The van der Waals surface area contributed by atoms with Crippen LogP contribution in [0.5, 0.6) is 0 Å². The molecule has 1 atom stereocenters. The molecule has 0 amide bonds. The summed E-state index contributed by atoms with van der Waals surface area (Å²) < 4.78 is 1.92. The Morgan fingerprint density at radius 3 is 2.74 bits per heavy atom. The zero-order valence-electron chi connectivity index (χ0n) is 11.7. The van der Waals surface area contributed by atoms with Crippen molar-refractivity contribution < 1.29 is 9.90 Å². The first kappa shape index (κ1) is 13.5. The molecule has 0 fully saturated rings. The number of carboxylic acids is 1. The summed E-state index contributed by atoms with van der Waals surface area (Å²) in [5.74, 6) is -0.00686. The van der Waals surface area contributed by atoms with Gasteiger partial charge in [0, 0.05) is 19.7 Å². The van der Waals surface area contributed by atoms with E-state index in [9.17, 15) is 9.90 Å². The van der Waals surface area contributed by atoms with Crippen LogP contribution in [-0.4, -0.2) is 25.6 Å². The predicted octanol–water partition coefficient (Wildman–Crippen LogP) is 2.26. The molecule has 0 saturated carbocycles. The SMILES string of the molecule is CC(C)C(C)(Cc1nc2ncccc2n1C)C(=O)O. The molecule has 0 aliphatic carbocycles. The molecule has 0 radical (unpaired) electrons. The van der Waals surface area contributed by atoms with Crippen molar-refractivity contribution in [2.24, 2.45) is 18.4 Å². The molecule has 1 N–H and O–H groups in total. The second-order valence-electron chi connectivity index (χ2n) is 5.49. The molecule has 0 saturated heterocycles. The highest BCUT2D eigenvalue weighted by Gasteiger charge is 2.38. The van der Waals surface area contributed by atoms with E-state index in [1.807, 2.05) is 37.6 Å². The largest absolute Gasteiger partial charge is 0.481 e. The number of rotatable bonds is 4. The molecule has 0 spiro atoms. The highest BCUT2D eigenvalue weighted by molar-refractivity contribution is 5.75. The van der Waals surface area contributed by atoms with Gasteiger partial charge in [-0.05, 0) is 25.0 Å². The Labute approximate surface area is 112 Å². The first-order valence-electron chi connectivity index (χ1n) is 6.36. The lowest BCUT2D eigenvalue weighted by molar-refractivity contribution is -0.150. The first-order chi connectivity index (χ1) is 8.86. The molecule has 0 aliphatic rings. The molecular weight excluding hydrogens is 242 g/mol. The topological polar surface area (TPSA) is 68.0 Å². The first-order valence-corrected chi connectivity index (χ1v) is 6.36. The molecule has 1 unspecified atom stereocenters. The van der Waals surface area contributed by atoms with E-state index < -0.39 is 11.4 Å². The summed E-state index contributed by atoms with van der Waals surface area (Å²) in [5, 5.41) is 9.48. The van der Waals surface area contributed by atoms with Crippen LogP contribution in [0.25, 0.3) is 11.2 Å². The van der Waals surface area contributed by atoms with E-state index in [2.05, 4.69) is 9.97 Å². The fraction of sp³-hybridized carbons (Fsp3) is 0.500. The summed E-state index contributed by atoms with van der Waals surface area (Å²) >= 11 is 0. The van der Waals surface area contributed by atoms with Crippen LogP contribution in [0.4, 0.5) is 0 Å². The van der Waals surface area contributed by atoms with Crippen LogP contribution in [-0.2, 0) is 18.3 Å². The van der Waals surface area contributed by atoms with E-state index in [-0.39, 0.29) is 5.92 Å². The van der Waals surface area contributed by atoms with Gasteiger partial charge in [-0.1, -0.05) is 13.8 Å². The van der Waals surface area contributed by atoms with Crippen LogP contribution in [0.1, 0.15) is 26.6 Å². The van der Waals surface area contributed by atoms with Gasteiger partial charge in [0.05, 0.1) is 10.9 Å². The fourth-order valence-corrected chi connectivity index (χ4v) is 2.09. The highest BCUT2D eigenvalue weighted by atomic mass is 16.4. The molecule has 0 bridgehead atoms. The van der Waals surface area contributed by atoms with Crippen molar-refractivity contribution in [2.75, 3.05) is 0 Å². The molecule has 2 aromatic heterocycles. The van der Waals surface area contributed by atoms with Gasteiger partial charge in [-0.25, -0.2) is 9.97 Å². The predicted molar refractivity (Wildman–Crippen MR) is 72.8 cm³/mol. The molecule has 2 aromatic rings. The maximum Gasteiger partial charge on any atom is 0.310 e. The lowest BCUT2D eigenvalue weighted by atomic mass is 9.76. The number of fused-ring (bicyclic) bond motifs is 1. The van der Waals surface area contributed by atoms with Crippen LogP contribution in [0.2, 0.25) is 0 Å². The monoisotopic (exact) mass is 261 g/mol. The third-order valence-corrected chi connectivity index (χ3v) is 4.04. The van der Waals surface area contributed by atoms with Crippen molar-refractivity contribution in [1.29, 1.82) is 0 Å². The number of hydrogen-bond acceptors (Lipinski definition) is 3. The number of nitrogens with zero attached hydrogens (tertiary/aromatic N) is 3. The fourth-order valence-electron chi connectivity index (χ4n) is 2.09. The second kappa shape index (κ2) is 4.64. The molecule has 19 heavy (non-hydrogen) atoms. The van der Waals surface area contributed by atoms with E-state index in [1.54, 1.807) is 13.1 Å². The van der Waals surface area contributed by atoms with Crippen molar-refractivity contribution in [3.8, 4) is 0 Å². The third kappa shape index (κ3) is 2.20. The van der Waals surface area contributed by atoms with E-state index >= 15 is 0 Å². The molecule has 2 rings (SSSR count). The van der Waals surface area contributed by atoms with Gasteiger partial charge in [0.25, 0.3) is 0 Å². The smallest absolute Gasteiger partial charge is 0.310 e. The maximum atomic E-state index is 11.5. The molecular formula is C14H19N3O2. The number of aryl methyl sites for hydroxylation is 1. The lowest BCUT2D eigenvalue weighted by Crippen LogP contribution is -2.36. The molecule has 0 aliphatic heterocycles. The molecule has 0 aromatic carbocycles. The Hall–Kier alpha value is -1.91. The van der Waals surface area contributed by atoms with E-state index in [0.717, 1.165) is 11.3 Å². The zero-order chi connectivity index (χ0) is 14.2. The Morgan fingerprint density at radius 1 is 1.53 bits per heavy atom. The summed E-state index contributed by atoms with van der Waals surface area (Å²) in [5.41, 5.74) is 0.764. The minimum Gasteiger partial charge on any atom is -0.481 e. The van der Waals surface area contributed by atoms with Gasteiger partial charge in [-0.3, -0.25) is 4.79 Å². The lowest BCUT2D eigenvalue weighted by Gasteiger charge is -2.28. The average molecular weight is 261 g/mol. The normalized spacial score (nSPS) is 14.8. The summed E-state index contributed by atoms with van der Waals surface area (Å²) in [6, 6.07) is 3.79. The van der Waals surface area contributed by atoms with Crippen LogP contribution in [0.3, 0.4) is 0 Å². The number of hydrogen-bond donors (Lipinski definition) is 1. The van der Waals surface area contributed by atoms with Gasteiger partial charge in [0.2, 0.25) is 0 Å². The Kier molecular flexibility index (Phi) is 3.30. The van der Waals surface area contributed by atoms with E-state index in [1.165, 1.54) is 0 Å². The number of aromatic nitrogens is 3. The van der Waals surface area contributed by atoms with Crippen molar-refractivity contribution >= 4 is 17.1 Å². The molecule has 5 nitrogen and oxygen atoms in total. The van der Waals surface area contributed by atoms with Gasteiger partial charge in [0.1, 0.15) is 5.82 Å². The number of aliphatic carboxylic acids is 1. The van der Waals surface area contributed by atoms with Crippen LogP contribution in [0, 0.1) is 11.3 Å². The van der Waals surface area contributed by atoms with E-state index in [0.29, 0.717) is 12.1 Å². The Morgan fingerprint density at radius 2 is 2.21 bits per heavy atom. The van der Waals surface area contributed by atoms with Gasteiger partial charge in [0.15, 0.2) is 5.65 Å². The number of imidazole rings is 1. The van der Waals surface area contributed by atoms with Crippen molar-refractivity contribution in [2.45, 2.75) is 27.2 Å². The number of pyridine rings is 1. The van der Waals surface area contributed by atoms with Crippen LogP contribution in [0.15, 0.2) is 18.3 Å². The minimum atomic E-state index is -0.824. The van der Waals surface area contributed by atoms with Crippen LogP contribution < -0.4 is 0 Å². The summed E-state index contributed by atoms with van der Waals surface area (Å²) in [6.45, 7) is 5.62. The van der Waals surface area contributed by atoms with Crippen molar-refractivity contribution in [3.63, 3.8) is 0 Å². The summed E-state index contributed by atoms with van der Waals surface area (Å²) in [6.07, 6.45) is 2.09. The second-order valence-corrected chi connectivity index (χ2v) is 5.49. The van der Waals surface area contributed by atoms with Crippen molar-refractivity contribution in [3.05, 3.63) is 24.2 Å². The van der Waals surface area contributed by atoms with Crippen LogP contribution >= 0.6 is 0 Å². The average Bonchev–Trinajstić information content (AvgIpc) is 2.66. The Bertz CT molecular complexity index is 618. The van der Waals surface area contributed by atoms with Crippen molar-refractivity contribution in [1.82, 2.24) is 14.5 Å². The van der Waals surface area contributed by atoms with Gasteiger partial charge < -0.3 is 9.67 Å². The maximum absolute atomic E-state index is 11.5. The van der Waals surface area contributed by atoms with Gasteiger partial charge in [-0.15, -0.1) is 0 Å². The number of carbonyl (C=O) groups is 1. The molecule has 5 heteroatoms. The quantitative estimate of drug-likeness (QED) is 0.916. The summed E-state index contributed by atoms with van der Waals surface area (Å²) in [7, 11) is 1.90. The Balaban J connectivity index is 2.45. The highest BCUT2D eigenvalue weighted by Crippen LogP contribution is 2.32. The zero-order valence-corrected chi connectivity index (χ0v) is 11.7. The van der Waals surface area contributed by atoms with Gasteiger partial charge >= 0.3 is 5.97 Å². The van der Waals surface area contributed by atoms with Gasteiger partial charge in [-0.2, -0.15) is 0 Å². The third-order valence-electron chi connectivity index (χ3n) is 4.04.